The minimum atomic E-state index is -3.68. The van der Waals surface area contributed by atoms with Crippen LogP contribution in [0.4, 0.5) is 0 Å². The molecule has 1 heterocycles. The number of sulfonamides is 1. The van der Waals surface area contributed by atoms with Gasteiger partial charge in [0.15, 0.2) is 0 Å². The lowest BCUT2D eigenvalue weighted by Gasteiger charge is -2.07. The first-order chi connectivity index (χ1) is 9.56. The molecule has 0 bridgehead atoms. The van der Waals surface area contributed by atoms with Gasteiger partial charge in [0, 0.05) is 6.54 Å². The number of nitrogens with one attached hydrogen (secondary N) is 1. The molecule has 104 valence electrons. The van der Waals surface area contributed by atoms with Gasteiger partial charge in [-0.25, -0.2) is 13.1 Å². The Bertz CT molecular complexity index is 745. The molecular formula is C12H13N5O2S. The fourth-order valence-electron chi connectivity index (χ4n) is 1.66. The highest BCUT2D eigenvalue weighted by atomic mass is 32.2. The third kappa shape index (κ3) is 3.01. The number of benzene rings is 1. The van der Waals surface area contributed by atoms with Gasteiger partial charge in [0.05, 0.1) is 23.1 Å². The van der Waals surface area contributed by atoms with E-state index in [0.717, 1.165) is 0 Å². The first-order valence-electron chi connectivity index (χ1n) is 5.93. The van der Waals surface area contributed by atoms with Gasteiger partial charge in [-0.05, 0) is 25.1 Å². The number of aryl methyl sites for hydroxylation is 1. The van der Waals surface area contributed by atoms with Crippen molar-refractivity contribution in [3.8, 4) is 6.07 Å². The molecule has 1 aromatic heterocycles. The van der Waals surface area contributed by atoms with Crippen LogP contribution >= 0.6 is 0 Å². The molecule has 20 heavy (non-hydrogen) atoms. The molecule has 0 radical (unpaired) electrons. The molecule has 7 nitrogen and oxygen atoms in total. The van der Waals surface area contributed by atoms with Gasteiger partial charge in [-0.1, -0.05) is 6.07 Å². The summed E-state index contributed by atoms with van der Waals surface area (Å²) in [4.78, 5) is 0.0547. The van der Waals surface area contributed by atoms with Gasteiger partial charge in [0.2, 0.25) is 10.0 Å². The standard InChI is InChI=1S/C12H13N5O2S/c1-2-17-9-14-16-12(17)8-15-20(18,19)11-5-3-4-10(6-11)7-13/h3-6,9,15H,2,8H2,1H3. The molecule has 0 saturated carbocycles. The van der Waals surface area contributed by atoms with Crippen LogP contribution in [0.25, 0.3) is 0 Å². The molecular weight excluding hydrogens is 278 g/mol. The van der Waals surface area contributed by atoms with E-state index in [1.165, 1.54) is 18.2 Å². The highest BCUT2D eigenvalue weighted by Gasteiger charge is 2.15. The molecule has 0 spiro atoms. The minimum Gasteiger partial charge on any atom is -0.317 e. The maximum Gasteiger partial charge on any atom is 0.241 e. The predicted molar refractivity (Wildman–Crippen MR) is 70.9 cm³/mol. The van der Waals surface area contributed by atoms with E-state index >= 15 is 0 Å². The summed E-state index contributed by atoms with van der Waals surface area (Å²) in [5.41, 5.74) is 0.296. The highest BCUT2D eigenvalue weighted by Crippen LogP contribution is 2.11. The zero-order chi connectivity index (χ0) is 14.6. The smallest absolute Gasteiger partial charge is 0.241 e. The first kappa shape index (κ1) is 14.2. The number of hydrogen-bond acceptors (Lipinski definition) is 5. The Morgan fingerprint density at radius 3 is 2.95 bits per heavy atom. The molecule has 1 aromatic carbocycles. The third-order valence-electron chi connectivity index (χ3n) is 2.73. The van der Waals surface area contributed by atoms with Crippen LogP contribution in [-0.4, -0.2) is 23.2 Å². The molecule has 2 rings (SSSR count). The van der Waals surface area contributed by atoms with Crippen molar-refractivity contribution in [2.45, 2.75) is 24.9 Å². The van der Waals surface area contributed by atoms with Crippen molar-refractivity contribution in [2.75, 3.05) is 0 Å². The second kappa shape index (κ2) is 5.81. The van der Waals surface area contributed by atoms with Gasteiger partial charge >= 0.3 is 0 Å². The average Bonchev–Trinajstić information content (AvgIpc) is 2.93. The Morgan fingerprint density at radius 1 is 1.45 bits per heavy atom. The molecule has 0 saturated heterocycles. The Kier molecular flexibility index (Phi) is 4.12. The van der Waals surface area contributed by atoms with E-state index < -0.39 is 10.0 Å². The van der Waals surface area contributed by atoms with E-state index in [1.807, 2.05) is 13.0 Å². The van der Waals surface area contributed by atoms with Gasteiger partial charge in [-0.3, -0.25) is 0 Å². The van der Waals surface area contributed by atoms with Crippen molar-refractivity contribution in [2.24, 2.45) is 0 Å². The van der Waals surface area contributed by atoms with Crippen LogP contribution in [0.5, 0.6) is 0 Å². The Morgan fingerprint density at radius 2 is 2.25 bits per heavy atom. The highest BCUT2D eigenvalue weighted by molar-refractivity contribution is 7.89. The first-order valence-corrected chi connectivity index (χ1v) is 7.41. The lowest BCUT2D eigenvalue weighted by atomic mass is 10.2. The second-order valence-electron chi connectivity index (χ2n) is 4.00. The topological polar surface area (TPSA) is 101 Å². The van der Waals surface area contributed by atoms with Gasteiger partial charge in [0.1, 0.15) is 12.2 Å². The van der Waals surface area contributed by atoms with Crippen molar-refractivity contribution in [1.29, 1.82) is 5.26 Å². The predicted octanol–water partition coefficient (Wildman–Crippen LogP) is 0.648. The van der Waals surface area contributed by atoms with Crippen LogP contribution in [0.1, 0.15) is 18.3 Å². The summed E-state index contributed by atoms with van der Waals surface area (Å²) in [7, 11) is -3.68. The summed E-state index contributed by atoms with van der Waals surface area (Å²) < 4.78 is 28.4. The quantitative estimate of drug-likeness (QED) is 0.871. The van der Waals surface area contributed by atoms with Gasteiger partial charge in [-0.2, -0.15) is 5.26 Å². The lowest BCUT2D eigenvalue weighted by molar-refractivity contribution is 0.575. The Labute approximate surface area is 116 Å². The SMILES string of the molecule is CCn1cnnc1CNS(=O)(=O)c1cccc(C#N)c1. The molecule has 2 aromatic rings. The number of aromatic nitrogens is 3. The van der Waals surface area contributed by atoms with E-state index in [0.29, 0.717) is 17.9 Å². The molecule has 0 atom stereocenters. The summed E-state index contributed by atoms with van der Waals surface area (Å²) in [6.07, 6.45) is 1.54. The van der Waals surface area contributed by atoms with Crippen molar-refractivity contribution in [3.05, 3.63) is 42.0 Å². The number of hydrogen-bond donors (Lipinski definition) is 1. The number of nitrogens with zero attached hydrogens (tertiary/aromatic N) is 4. The number of nitriles is 1. The largest absolute Gasteiger partial charge is 0.317 e. The molecule has 0 aliphatic carbocycles. The zero-order valence-electron chi connectivity index (χ0n) is 10.8. The Hall–Kier alpha value is -2.24. The van der Waals surface area contributed by atoms with E-state index in [2.05, 4.69) is 14.9 Å². The minimum absolute atomic E-state index is 0.0486. The van der Waals surface area contributed by atoms with Gasteiger partial charge in [-0.15, -0.1) is 10.2 Å². The van der Waals surface area contributed by atoms with Crippen LogP contribution in [-0.2, 0) is 23.1 Å². The van der Waals surface area contributed by atoms with Crippen molar-refractivity contribution >= 4 is 10.0 Å². The maximum atomic E-state index is 12.1. The molecule has 0 unspecified atom stereocenters. The van der Waals surface area contributed by atoms with Crippen LogP contribution < -0.4 is 4.72 Å². The van der Waals surface area contributed by atoms with Gasteiger partial charge in [0.25, 0.3) is 0 Å². The van der Waals surface area contributed by atoms with Crippen molar-refractivity contribution in [3.63, 3.8) is 0 Å². The normalized spacial score (nSPS) is 11.2. The lowest BCUT2D eigenvalue weighted by Crippen LogP contribution is -2.25. The van der Waals surface area contributed by atoms with E-state index in [4.69, 9.17) is 5.26 Å². The van der Waals surface area contributed by atoms with Crippen molar-refractivity contribution < 1.29 is 8.42 Å². The van der Waals surface area contributed by atoms with E-state index in [9.17, 15) is 8.42 Å². The monoisotopic (exact) mass is 291 g/mol. The maximum absolute atomic E-state index is 12.1. The second-order valence-corrected chi connectivity index (χ2v) is 5.76. The molecule has 1 N–H and O–H groups in total. The molecule has 0 fully saturated rings. The number of rotatable bonds is 5. The summed E-state index contributed by atoms with van der Waals surface area (Å²) >= 11 is 0. The molecule has 0 aliphatic rings. The summed E-state index contributed by atoms with van der Waals surface area (Å²) in [5.74, 6) is 0.535. The van der Waals surface area contributed by atoms with E-state index in [1.54, 1.807) is 17.0 Å². The summed E-state index contributed by atoms with van der Waals surface area (Å²) in [6.45, 7) is 2.62. The summed E-state index contributed by atoms with van der Waals surface area (Å²) in [6, 6.07) is 7.75. The fourth-order valence-corrected chi connectivity index (χ4v) is 2.68. The average molecular weight is 291 g/mol. The third-order valence-corrected chi connectivity index (χ3v) is 4.13. The molecule has 8 heteroatoms. The van der Waals surface area contributed by atoms with Crippen molar-refractivity contribution in [1.82, 2.24) is 19.5 Å². The Balaban J connectivity index is 2.17. The molecule has 0 aliphatic heterocycles. The zero-order valence-corrected chi connectivity index (χ0v) is 11.6. The van der Waals surface area contributed by atoms with Crippen LogP contribution in [0.15, 0.2) is 35.5 Å². The van der Waals surface area contributed by atoms with E-state index in [-0.39, 0.29) is 11.4 Å². The molecule has 0 amide bonds. The summed E-state index contributed by atoms with van der Waals surface area (Å²) in [5, 5.41) is 16.4. The fraction of sp³-hybridized carbons (Fsp3) is 0.250. The van der Waals surface area contributed by atoms with Crippen LogP contribution in [0.2, 0.25) is 0 Å². The van der Waals surface area contributed by atoms with Crippen LogP contribution in [0.3, 0.4) is 0 Å². The van der Waals surface area contributed by atoms with Crippen LogP contribution in [0, 0.1) is 11.3 Å². The van der Waals surface area contributed by atoms with Gasteiger partial charge < -0.3 is 4.57 Å².